The number of carbonyl (C=O) groups is 1. The summed E-state index contributed by atoms with van der Waals surface area (Å²) in [5, 5.41) is 13.5. The van der Waals surface area contributed by atoms with Gasteiger partial charge in [0.05, 0.1) is 11.4 Å². The van der Waals surface area contributed by atoms with Crippen LogP contribution in [0.4, 0.5) is 5.69 Å². The van der Waals surface area contributed by atoms with E-state index in [4.69, 9.17) is 4.55 Å². The van der Waals surface area contributed by atoms with Crippen LogP contribution in [0.25, 0.3) is 10.8 Å². The Balaban J connectivity index is 2.65. The van der Waals surface area contributed by atoms with Crippen molar-refractivity contribution < 1.29 is 22.9 Å². The molecule has 7 heteroatoms. The molecule has 0 aromatic heterocycles. The zero-order chi connectivity index (χ0) is 14.9. The van der Waals surface area contributed by atoms with Crippen molar-refractivity contribution in [1.82, 2.24) is 0 Å². The smallest absolute Gasteiger partial charge is 0.294 e. The molecule has 0 amide bonds. The van der Waals surface area contributed by atoms with Crippen LogP contribution < -0.4 is 5.32 Å². The standard InChI is InChI=1S/C13H13NO5S/c1-8(15)7-14-12-4-2-3-10-11(12)5-9(6-13(10)16)20(17,18)19/h2-6,14,16H,7H2,1H3,(H,17,18,19). The first-order valence-electron chi connectivity index (χ1n) is 5.75. The van der Waals surface area contributed by atoms with Crippen molar-refractivity contribution in [3.8, 4) is 5.75 Å². The summed E-state index contributed by atoms with van der Waals surface area (Å²) in [4.78, 5) is 10.6. The van der Waals surface area contributed by atoms with E-state index in [0.717, 1.165) is 6.07 Å². The zero-order valence-electron chi connectivity index (χ0n) is 10.6. The van der Waals surface area contributed by atoms with Crippen LogP contribution in [0.1, 0.15) is 6.92 Å². The van der Waals surface area contributed by atoms with Gasteiger partial charge in [-0.1, -0.05) is 12.1 Å². The molecule has 3 N–H and O–H groups in total. The topological polar surface area (TPSA) is 104 Å². The summed E-state index contributed by atoms with van der Waals surface area (Å²) in [5.74, 6) is -0.348. The molecule has 0 aliphatic heterocycles. The number of phenols is 1. The fourth-order valence-corrected chi connectivity index (χ4v) is 2.39. The number of rotatable bonds is 4. The van der Waals surface area contributed by atoms with Crippen LogP contribution in [0.2, 0.25) is 0 Å². The fourth-order valence-electron chi connectivity index (χ4n) is 1.86. The molecule has 0 saturated carbocycles. The predicted molar refractivity (Wildman–Crippen MR) is 74.6 cm³/mol. The first kappa shape index (κ1) is 14.3. The van der Waals surface area contributed by atoms with E-state index >= 15 is 0 Å². The van der Waals surface area contributed by atoms with Crippen LogP contribution in [-0.4, -0.2) is 30.4 Å². The maximum Gasteiger partial charge on any atom is 0.294 e. The van der Waals surface area contributed by atoms with E-state index in [0.29, 0.717) is 16.5 Å². The predicted octanol–water partition coefficient (Wildman–Crippen LogP) is 1.79. The second kappa shape index (κ2) is 5.10. The third kappa shape index (κ3) is 2.89. The number of nitrogens with one attached hydrogen (secondary N) is 1. The van der Waals surface area contributed by atoms with Crippen molar-refractivity contribution >= 4 is 32.4 Å². The highest BCUT2D eigenvalue weighted by Crippen LogP contribution is 2.33. The minimum atomic E-state index is -4.42. The Kier molecular flexibility index (Phi) is 3.65. The molecule has 0 spiro atoms. The molecular formula is C13H13NO5S. The monoisotopic (exact) mass is 295 g/mol. The molecule has 20 heavy (non-hydrogen) atoms. The van der Waals surface area contributed by atoms with Crippen LogP contribution in [0.15, 0.2) is 35.2 Å². The molecule has 0 bridgehead atoms. The molecule has 0 saturated heterocycles. The van der Waals surface area contributed by atoms with Gasteiger partial charge in [-0.15, -0.1) is 0 Å². The molecule has 2 rings (SSSR count). The number of hydrogen-bond acceptors (Lipinski definition) is 5. The molecule has 0 heterocycles. The third-order valence-corrected chi connectivity index (χ3v) is 3.60. The number of carbonyl (C=O) groups excluding carboxylic acids is 1. The summed E-state index contributed by atoms with van der Waals surface area (Å²) in [6, 6.07) is 7.15. The van der Waals surface area contributed by atoms with Crippen molar-refractivity contribution in [3.63, 3.8) is 0 Å². The molecular weight excluding hydrogens is 282 g/mol. The van der Waals surface area contributed by atoms with Crippen LogP contribution in [0, 0.1) is 0 Å². The second-order valence-corrected chi connectivity index (χ2v) is 5.80. The molecule has 0 aliphatic rings. The molecule has 0 unspecified atom stereocenters. The van der Waals surface area contributed by atoms with Gasteiger partial charge in [-0.05, 0) is 19.1 Å². The van der Waals surface area contributed by atoms with Gasteiger partial charge in [-0.2, -0.15) is 8.42 Å². The van der Waals surface area contributed by atoms with Crippen molar-refractivity contribution in [2.45, 2.75) is 11.8 Å². The highest BCUT2D eigenvalue weighted by atomic mass is 32.2. The first-order chi connectivity index (χ1) is 9.29. The SMILES string of the molecule is CC(=O)CNc1cccc2c(O)cc(S(=O)(=O)O)cc12. The van der Waals surface area contributed by atoms with Gasteiger partial charge < -0.3 is 10.4 Å². The Labute approximate surface area is 115 Å². The van der Waals surface area contributed by atoms with Gasteiger partial charge in [-0.25, -0.2) is 0 Å². The van der Waals surface area contributed by atoms with Gasteiger partial charge in [0, 0.05) is 22.5 Å². The van der Waals surface area contributed by atoms with E-state index in [-0.39, 0.29) is 18.1 Å². The average Bonchev–Trinajstić information content (AvgIpc) is 2.35. The fraction of sp³-hybridized carbons (Fsp3) is 0.154. The number of ketones is 1. The lowest BCUT2D eigenvalue weighted by molar-refractivity contribution is -0.115. The van der Waals surface area contributed by atoms with Gasteiger partial charge >= 0.3 is 0 Å². The van der Waals surface area contributed by atoms with Crippen molar-refractivity contribution in [2.75, 3.05) is 11.9 Å². The minimum Gasteiger partial charge on any atom is -0.507 e. The number of Topliss-reactive ketones (excluding diaryl/α,β-unsaturated/α-hetero) is 1. The molecule has 0 aliphatic carbocycles. The number of hydrogen-bond donors (Lipinski definition) is 3. The summed E-state index contributed by atoms with van der Waals surface area (Å²) in [7, 11) is -4.42. The Morgan fingerprint density at radius 2 is 1.95 bits per heavy atom. The Bertz CT molecular complexity index is 783. The summed E-state index contributed by atoms with van der Waals surface area (Å²) in [6.45, 7) is 1.50. The molecule has 2 aromatic carbocycles. The Hall–Kier alpha value is -2.12. The summed E-state index contributed by atoms with van der Waals surface area (Å²) >= 11 is 0. The molecule has 0 radical (unpaired) electrons. The molecule has 0 atom stereocenters. The maximum absolute atomic E-state index is 11.2. The highest BCUT2D eigenvalue weighted by Gasteiger charge is 2.15. The van der Waals surface area contributed by atoms with Crippen LogP contribution in [0.5, 0.6) is 5.75 Å². The van der Waals surface area contributed by atoms with Crippen molar-refractivity contribution in [1.29, 1.82) is 0 Å². The zero-order valence-corrected chi connectivity index (χ0v) is 11.4. The third-order valence-electron chi connectivity index (χ3n) is 2.77. The highest BCUT2D eigenvalue weighted by molar-refractivity contribution is 7.85. The van der Waals surface area contributed by atoms with Crippen LogP contribution >= 0.6 is 0 Å². The largest absolute Gasteiger partial charge is 0.507 e. The Morgan fingerprint density at radius 3 is 2.55 bits per heavy atom. The maximum atomic E-state index is 11.2. The Morgan fingerprint density at radius 1 is 1.25 bits per heavy atom. The summed E-state index contributed by atoms with van der Waals surface area (Å²) < 4.78 is 31.4. The number of phenolic OH excluding ortho intramolecular Hbond substituents is 1. The second-order valence-electron chi connectivity index (χ2n) is 4.37. The van der Waals surface area contributed by atoms with Crippen LogP contribution in [-0.2, 0) is 14.9 Å². The summed E-state index contributed by atoms with van der Waals surface area (Å²) in [6.07, 6.45) is 0. The lowest BCUT2D eigenvalue weighted by Gasteiger charge is -2.10. The number of fused-ring (bicyclic) bond motifs is 1. The number of benzene rings is 2. The molecule has 106 valence electrons. The van der Waals surface area contributed by atoms with Gasteiger partial charge in [0.25, 0.3) is 10.1 Å². The van der Waals surface area contributed by atoms with E-state index < -0.39 is 15.0 Å². The van der Waals surface area contributed by atoms with Crippen molar-refractivity contribution in [3.05, 3.63) is 30.3 Å². The lowest BCUT2D eigenvalue weighted by atomic mass is 10.1. The van der Waals surface area contributed by atoms with E-state index in [2.05, 4.69) is 5.32 Å². The lowest BCUT2D eigenvalue weighted by Crippen LogP contribution is -2.10. The van der Waals surface area contributed by atoms with Gasteiger partial charge in [-0.3, -0.25) is 9.35 Å². The quantitative estimate of drug-likeness (QED) is 0.743. The van der Waals surface area contributed by atoms with E-state index in [9.17, 15) is 18.3 Å². The average molecular weight is 295 g/mol. The first-order valence-corrected chi connectivity index (χ1v) is 7.19. The molecule has 0 fully saturated rings. The number of anilines is 1. The van der Waals surface area contributed by atoms with Gasteiger partial charge in [0.2, 0.25) is 0 Å². The van der Waals surface area contributed by atoms with E-state index in [1.165, 1.54) is 13.0 Å². The molecule has 6 nitrogen and oxygen atoms in total. The van der Waals surface area contributed by atoms with Crippen molar-refractivity contribution in [2.24, 2.45) is 0 Å². The van der Waals surface area contributed by atoms with Crippen LogP contribution in [0.3, 0.4) is 0 Å². The van der Waals surface area contributed by atoms with E-state index in [1.807, 2.05) is 0 Å². The minimum absolute atomic E-state index is 0.0793. The normalized spacial score (nSPS) is 11.5. The van der Waals surface area contributed by atoms with E-state index in [1.54, 1.807) is 18.2 Å². The number of aromatic hydroxyl groups is 1. The molecule has 2 aromatic rings. The summed E-state index contributed by atoms with van der Waals surface area (Å²) in [5.41, 5.74) is 0.499. The van der Waals surface area contributed by atoms with Gasteiger partial charge in [0.15, 0.2) is 0 Å². The van der Waals surface area contributed by atoms with Gasteiger partial charge in [0.1, 0.15) is 11.5 Å².